The van der Waals surface area contributed by atoms with Gasteiger partial charge in [0.15, 0.2) is 5.17 Å². The number of methoxy groups -OCH3 is 1. The molecule has 0 spiro atoms. The first-order valence-electron chi connectivity index (χ1n) is 7.24. The van der Waals surface area contributed by atoms with Crippen LogP contribution in [0.25, 0.3) is 6.08 Å². The highest BCUT2D eigenvalue weighted by Crippen LogP contribution is 2.32. The number of thioether (sulfide) groups is 1. The molecular weight excluding hydrogens is 342 g/mol. The maximum absolute atomic E-state index is 12.1. The van der Waals surface area contributed by atoms with Crippen LogP contribution in [-0.2, 0) is 4.79 Å². The summed E-state index contributed by atoms with van der Waals surface area (Å²) >= 11 is 1.17. The third-order valence-corrected chi connectivity index (χ3v) is 4.26. The summed E-state index contributed by atoms with van der Waals surface area (Å²) in [5.41, 5.74) is 1.10. The maximum atomic E-state index is 12.1. The number of nitro groups is 1. The van der Waals surface area contributed by atoms with Gasteiger partial charge >= 0.3 is 0 Å². The number of ether oxygens (including phenoxy) is 1. The average molecular weight is 355 g/mol. The molecule has 1 N–H and O–H groups in total. The predicted octanol–water partition coefficient (Wildman–Crippen LogP) is 3.50. The lowest BCUT2D eigenvalue weighted by atomic mass is 10.1. The molecule has 0 aromatic heterocycles. The van der Waals surface area contributed by atoms with Crippen LogP contribution in [0.1, 0.15) is 5.56 Å². The van der Waals surface area contributed by atoms with Crippen LogP contribution in [0, 0.1) is 10.1 Å². The van der Waals surface area contributed by atoms with E-state index in [2.05, 4.69) is 10.3 Å². The van der Waals surface area contributed by atoms with E-state index in [1.165, 1.54) is 37.1 Å². The molecule has 25 heavy (non-hydrogen) atoms. The Labute approximate surface area is 147 Å². The summed E-state index contributed by atoms with van der Waals surface area (Å²) < 4.78 is 5.21. The summed E-state index contributed by atoms with van der Waals surface area (Å²) in [5, 5.41) is 14.1. The summed E-state index contributed by atoms with van der Waals surface area (Å²) in [6.45, 7) is 0. The molecular formula is C17H13N3O4S. The molecule has 0 unspecified atom stereocenters. The Hall–Kier alpha value is -3.13. The van der Waals surface area contributed by atoms with E-state index in [0.29, 0.717) is 21.4 Å². The normalized spacial score (nSPS) is 16.9. The number of carbonyl (C=O) groups is 1. The number of hydrogen-bond acceptors (Lipinski definition) is 6. The number of nitro benzene ring substituents is 1. The van der Waals surface area contributed by atoms with E-state index in [4.69, 9.17) is 4.74 Å². The van der Waals surface area contributed by atoms with Gasteiger partial charge in [0.1, 0.15) is 5.75 Å². The number of nitrogens with zero attached hydrogens (tertiary/aromatic N) is 2. The van der Waals surface area contributed by atoms with Crippen LogP contribution in [0.15, 0.2) is 58.4 Å². The van der Waals surface area contributed by atoms with Gasteiger partial charge in [0.05, 0.1) is 22.6 Å². The third-order valence-electron chi connectivity index (χ3n) is 3.35. The molecule has 1 saturated heterocycles. The quantitative estimate of drug-likeness (QED) is 0.515. The minimum absolute atomic E-state index is 0.0748. The summed E-state index contributed by atoms with van der Waals surface area (Å²) in [7, 11) is 1.47. The molecule has 1 heterocycles. The highest BCUT2D eigenvalue weighted by atomic mass is 32.2. The Morgan fingerprint density at radius 2 is 2.00 bits per heavy atom. The molecule has 0 aliphatic carbocycles. The van der Waals surface area contributed by atoms with Gasteiger partial charge in [0.25, 0.3) is 11.6 Å². The minimum Gasteiger partial charge on any atom is -0.496 e. The van der Waals surface area contributed by atoms with Gasteiger partial charge in [0.2, 0.25) is 0 Å². The topological polar surface area (TPSA) is 93.8 Å². The van der Waals surface area contributed by atoms with E-state index < -0.39 is 4.92 Å². The van der Waals surface area contributed by atoms with Crippen LogP contribution in [0.4, 0.5) is 11.4 Å². The van der Waals surface area contributed by atoms with E-state index in [-0.39, 0.29) is 11.6 Å². The second-order valence-electron chi connectivity index (χ2n) is 5.00. The number of carbonyl (C=O) groups excluding carboxylic acids is 1. The Balaban J connectivity index is 1.92. The summed E-state index contributed by atoms with van der Waals surface area (Å²) in [5.74, 6) is 0.133. The van der Waals surface area contributed by atoms with Crippen molar-refractivity contribution >= 4 is 40.3 Å². The van der Waals surface area contributed by atoms with Gasteiger partial charge in [-0.15, -0.1) is 0 Å². The lowest BCUT2D eigenvalue weighted by Crippen LogP contribution is -2.19. The van der Waals surface area contributed by atoms with Crippen molar-refractivity contribution in [2.24, 2.45) is 4.99 Å². The number of nitrogens with one attached hydrogen (secondary N) is 1. The monoisotopic (exact) mass is 355 g/mol. The van der Waals surface area contributed by atoms with Gasteiger partial charge in [-0.1, -0.05) is 18.2 Å². The number of amides is 1. The molecule has 0 atom stereocenters. The van der Waals surface area contributed by atoms with Crippen molar-refractivity contribution in [3.63, 3.8) is 0 Å². The maximum Gasteiger partial charge on any atom is 0.270 e. The fourth-order valence-corrected chi connectivity index (χ4v) is 3.02. The Morgan fingerprint density at radius 3 is 2.68 bits per heavy atom. The van der Waals surface area contributed by atoms with Gasteiger partial charge < -0.3 is 10.1 Å². The molecule has 8 heteroatoms. The number of non-ortho nitro benzene ring substituents is 1. The summed E-state index contributed by atoms with van der Waals surface area (Å²) in [4.78, 5) is 27.3. The number of benzene rings is 2. The van der Waals surface area contributed by atoms with Crippen molar-refractivity contribution in [2.45, 2.75) is 0 Å². The number of hydrogen-bond donors (Lipinski definition) is 1. The zero-order chi connectivity index (χ0) is 17.8. The number of para-hydroxylation sites is 1. The second-order valence-corrected chi connectivity index (χ2v) is 6.03. The van der Waals surface area contributed by atoms with Crippen molar-refractivity contribution in [1.29, 1.82) is 0 Å². The molecule has 2 aromatic rings. The molecule has 1 aliphatic rings. The molecule has 2 aromatic carbocycles. The zero-order valence-electron chi connectivity index (χ0n) is 13.1. The molecule has 3 rings (SSSR count). The largest absolute Gasteiger partial charge is 0.496 e. The van der Waals surface area contributed by atoms with Crippen LogP contribution < -0.4 is 10.1 Å². The van der Waals surface area contributed by atoms with Crippen LogP contribution in [0.5, 0.6) is 5.75 Å². The SMILES string of the molecule is COc1ccc([N+](=O)[O-])cc1/C=C1\SC(=Nc2ccccc2)NC1=O. The van der Waals surface area contributed by atoms with E-state index in [1.54, 1.807) is 6.08 Å². The van der Waals surface area contributed by atoms with Crippen LogP contribution in [0.3, 0.4) is 0 Å². The van der Waals surface area contributed by atoms with Gasteiger partial charge in [0, 0.05) is 17.7 Å². The average Bonchev–Trinajstić information content (AvgIpc) is 2.94. The summed E-state index contributed by atoms with van der Waals surface area (Å²) in [6, 6.07) is 13.5. The standard InChI is InChI=1S/C17H13N3O4S/c1-24-14-8-7-13(20(22)23)9-11(14)10-15-16(21)19-17(25-15)18-12-5-3-2-4-6-12/h2-10H,1H3,(H,18,19,21)/b15-10-. The van der Waals surface area contributed by atoms with E-state index in [0.717, 1.165) is 5.69 Å². The summed E-state index contributed by atoms with van der Waals surface area (Å²) in [6.07, 6.45) is 1.55. The van der Waals surface area contributed by atoms with Crippen LogP contribution in [0.2, 0.25) is 0 Å². The molecule has 0 saturated carbocycles. The molecule has 1 aliphatic heterocycles. The van der Waals surface area contributed by atoms with Crippen molar-refractivity contribution in [3.8, 4) is 5.75 Å². The fourth-order valence-electron chi connectivity index (χ4n) is 2.19. The molecule has 1 fully saturated rings. The van der Waals surface area contributed by atoms with Gasteiger partial charge in [-0.2, -0.15) is 0 Å². The lowest BCUT2D eigenvalue weighted by Gasteiger charge is -2.04. The Morgan fingerprint density at radius 1 is 1.24 bits per heavy atom. The third kappa shape index (κ3) is 3.86. The van der Waals surface area contributed by atoms with E-state index >= 15 is 0 Å². The smallest absolute Gasteiger partial charge is 0.270 e. The fraction of sp³-hybridized carbons (Fsp3) is 0.0588. The predicted molar refractivity (Wildman–Crippen MR) is 96.9 cm³/mol. The molecule has 126 valence electrons. The van der Waals surface area contributed by atoms with Gasteiger partial charge in [-0.25, -0.2) is 4.99 Å². The zero-order valence-corrected chi connectivity index (χ0v) is 13.9. The van der Waals surface area contributed by atoms with Crippen molar-refractivity contribution in [3.05, 3.63) is 69.1 Å². The Kier molecular flexibility index (Phi) is 4.80. The van der Waals surface area contributed by atoms with Crippen molar-refractivity contribution < 1.29 is 14.5 Å². The first kappa shape index (κ1) is 16.7. The number of aliphatic imine (C=N–C) groups is 1. The number of amidine groups is 1. The molecule has 0 bridgehead atoms. The van der Waals surface area contributed by atoms with Crippen molar-refractivity contribution in [2.75, 3.05) is 7.11 Å². The number of rotatable bonds is 4. The molecule has 0 radical (unpaired) electrons. The first-order valence-corrected chi connectivity index (χ1v) is 8.05. The lowest BCUT2D eigenvalue weighted by molar-refractivity contribution is -0.384. The van der Waals surface area contributed by atoms with Crippen LogP contribution in [-0.4, -0.2) is 23.1 Å². The minimum atomic E-state index is -0.494. The second kappa shape index (κ2) is 7.18. The van der Waals surface area contributed by atoms with Crippen LogP contribution >= 0.6 is 11.8 Å². The molecule has 1 amide bonds. The van der Waals surface area contributed by atoms with E-state index in [9.17, 15) is 14.9 Å². The highest BCUT2D eigenvalue weighted by Gasteiger charge is 2.24. The van der Waals surface area contributed by atoms with Crippen molar-refractivity contribution in [1.82, 2.24) is 5.32 Å². The molecule has 7 nitrogen and oxygen atoms in total. The van der Waals surface area contributed by atoms with Gasteiger partial charge in [-0.05, 0) is 36.0 Å². The van der Waals surface area contributed by atoms with Gasteiger partial charge in [-0.3, -0.25) is 14.9 Å². The van der Waals surface area contributed by atoms with E-state index in [1.807, 2.05) is 30.3 Å². The Bertz CT molecular complexity index is 894. The highest BCUT2D eigenvalue weighted by molar-refractivity contribution is 8.18. The first-order chi connectivity index (χ1) is 12.1.